The van der Waals surface area contributed by atoms with E-state index in [4.69, 9.17) is 10.5 Å². The molecule has 1 aromatic heterocycles. The van der Waals surface area contributed by atoms with Crippen molar-refractivity contribution in [2.45, 2.75) is 19.4 Å². The van der Waals surface area contributed by atoms with Crippen LogP contribution in [0.15, 0.2) is 36.7 Å². The van der Waals surface area contributed by atoms with E-state index in [0.29, 0.717) is 0 Å². The lowest BCUT2D eigenvalue weighted by atomic mass is 9.96. The topological polar surface area (TPSA) is 48.1 Å². The molecule has 0 spiro atoms. The summed E-state index contributed by atoms with van der Waals surface area (Å²) in [6.07, 6.45) is 4.62. The fourth-order valence-electron chi connectivity index (χ4n) is 2.38. The molecule has 92 valence electrons. The van der Waals surface area contributed by atoms with Crippen LogP contribution in [0, 0.1) is 6.92 Å². The molecule has 0 saturated heterocycles. The number of aryl methyl sites for hydroxylation is 1. The highest BCUT2D eigenvalue weighted by atomic mass is 16.5. The van der Waals surface area contributed by atoms with Gasteiger partial charge in [0.2, 0.25) is 0 Å². The van der Waals surface area contributed by atoms with Crippen molar-refractivity contribution in [1.82, 2.24) is 4.98 Å². The van der Waals surface area contributed by atoms with E-state index < -0.39 is 0 Å². The van der Waals surface area contributed by atoms with Crippen LogP contribution < -0.4 is 10.5 Å². The van der Waals surface area contributed by atoms with Gasteiger partial charge < -0.3 is 10.5 Å². The SMILES string of the molecule is Cc1ccncc1C(N)c1ccc2c(c1)CCO2. The number of benzene rings is 1. The smallest absolute Gasteiger partial charge is 0.122 e. The normalized spacial score (nSPS) is 15.0. The minimum atomic E-state index is -0.121. The van der Waals surface area contributed by atoms with Gasteiger partial charge in [-0.2, -0.15) is 0 Å². The van der Waals surface area contributed by atoms with E-state index in [0.717, 1.165) is 29.9 Å². The van der Waals surface area contributed by atoms with E-state index in [2.05, 4.69) is 18.0 Å². The first-order valence-corrected chi connectivity index (χ1v) is 6.17. The highest BCUT2D eigenvalue weighted by Gasteiger charge is 2.16. The maximum atomic E-state index is 6.33. The first-order valence-electron chi connectivity index (χ1n) is 6.17. The third-order valence-corrected chi connectivity index (χ3v) is 3.49. The minimum Gasteiger partial charge on any atom is -0.493 e. The van der Waals surface area contributed by atoms with Crippen LogP contribution in [-0.4, -0.2) is 11.6 Å². The predicted molar refractivity (Wildman–Crippen MR) is 70.6 cm³/mol. The van der Waals surface area contributed by atoms with Gasteiger partial charge >= 0.3 is 0 Å². The first-order chi connectivity index (χ1) is 8.75. The molecule has 0 bridgehead atoms. The van der Waals surface area contributed by atoms with E-state index in [-0.39, 0.29) is 6.04 Å². The largest absolute Gasteiger partial charge is 0.493 e. The number of rotatable bonds is 2. The molecule has 2 heterocycles. The molecule has 1 aliphatic heterocycles. The van der Waals surface area contributed by atoms with Gasteiger partial charge in [-0.05, 0) is 41.3 Å². The zero-order valence-corrected chi connectivity index (χ0v) is 10.4. The van der Waals surface area contributed by atoms with Crippen molar-refractivity contribution in [2.24, 2.45) is 5.73 Å². The molecular weight excluding hydrogens is 224 g/mol. The lowest BCUT2D eigenvalue weighted by Gasteiger charge is -2.15. The summed E-state index contributed by atoms with van der Waals surface area (Å²) in [7, 11) is 0. The average Bonchev–Trinajstić information content (AvgIpc) is 2.85. The molecule has 0 aliphatic carbocycles. The molecule has 0 saturated carbocycles. The van der Waals surface area contributed by atoms with Crippen molar-refractivity contribution in [2.75, 3.05) is 6.61 Å². The maximum Gasteiger partial charge on any atom is 0.122 e. The van der Waals surface area contributed by atoms with E-state index in [1.54, 1.807) is 6.20 Å². The number of aromatic nitrogens is 1. The maximum absolute atomic E-state index is 6.33. The van der Waals surface area contributed by atoms with Crippen molar-refractivity contribution < 1.29 is 4.74 Å². The van der Waals surface area contributed by atoms with E-state index >= 15 is 0 Å². The molecule has 3 nitrogen and oxygen atoms in total. The Labute approximate surface area is 107 Å². The third-order valence-electron chi connectivity index (χ3n) is 3.49. The van der Waals surface area contributed by atoms with Crippen LogP contribution in [0.4, 0.5) is 0 Å². The van der Waals surface area contributed by atoms with E-state index in [1.807, 2.05) is 24.4 Å². The summed E-state index contributed by atoms with van der Waals surface area (Å²) in [4.78, 5) is 4.16. The zero-order valence-electron chi connectivity index (χ0n) is 10.4. The number of fused-ring (bicyclic) bond motifs is 1. The summed E-state index contributed by atoms with van der Waals surface area (Å²) < 4.78 is 5.51. The number of nitrogens with zero attached hydrogens (tertiary/aromatic N) is 1. The van der Waals surface area contributed by atoms with E-state index in [9.17, 15) is 0 Å². The van der Waals surface area contributed by atoms with Crippen molar-refractivity contribution in [1.29, 1.82) is 0 Å². The minimum absolute atomic E-state index is 0.121. The molecule has 0 fully saturated rings. The number of hydrogen-bond acceptors (Lipinski definition) is 3. The molecular formula is C15H16N2O. The van der Waals surface area contributed by atoms with Gasteiger partial charge in [0.05, 0.1) is 12.6 Å². The summed E-state index contributed by atoms with van der Waals surface area (Å²) in [5.41, 5.74) is 11.0. The Kier molecular flexibility index (Phi) is 2.76. The fraction of sp³-hybridized carbons (Fsp3) is 0.267. The Morgan fingerprint density at radius 2 is 2.22 bits per heavy atom. The molecule has 3 rings (SSSR count). The summed E-state index contributed by atoms with van der Waals surface area (Å²) in [5, 5.41) is 0. The second kappa shape index (κ2) is 4.42. The van der Waals surface area contributed by atoms with E-state index in [1.165, 1.54) is 11.1 Å². The van der Waals surface area contributed by atoms with Gasteiger partial charge in [-0.25, -0.2) is 0 Å². The molecule has 18 heavy (non-hydrogen) atoms. The number of pyridine rings is 1. The summed E-state index contributed by atoms with van der Waals surface area (Å²) in [6, 6.07) is 8.08. The fourth-order valence-corrected chi connectivity index (χ4v) is 2.38. The predicted octanol–water partition coefficient (Wildman–Crippen LogP) is 2.37. The molecule has 1 unspecified atom stereocenters. The van der Waals surface area contributed by atoms with Gasteiger partial charge in [0.15, 0.2) is 0 Å². The number of nitrogens with two attached hydrogens (primary N) is 1. The van der Waals surface area contributed by atoms with Crippen molar-refractivity contribution in [3.63, 3.8) is 0 Å². The van der Waals surface area contributed by atoms with Gasteiger partial charge in [0.1, 0.15) is 5.75 Å². The van der Waals surface area contributed by atoms with Crippen LogP contribution in [0.3, 0.4) is 0 Å². The second-order valence-electron chi connectivity index (χ2n) is 4.68. The quantitative estimate of drug-likeness (QED) is 0.876. The second-order valence-corrected chi connectivity index (χ2v) is 4.68. The standard InChI is InChI=1S/C15H16N2O/c1-10-4-6-17-9-13(10)15(16)12-2-3-14-11(8-12)5-7-18-14/h2-4,6,8-9,15H,5,7,16H2,1H3. The molecule has 0 amide bonds. The summed E-state index contributed by atoms with van der Waals surface area (Å²) in [5.74, 6) is 0.994. The first kappa shape index (κ1) is 11.2. The molecule has 2 aromatic rings. The number of ether oxygens (including phenoxy) is 1. The third kappa shape index (κ3) is 1.87. The zero-order chi connectivity index (χ0) is 12.5. The molecule has 3 heteroatoms. The monoisotopic (exact) mass is 240 g/mol. The Bertz CT molecular complexity index is 580. The van der Waals surface area contributed by atoms with Gasteiger partial charge in [-0.3, -0.25) is 4.98 Å². The van der Waals surface area contributed by atoms with Crippen LogP contribution in [-0.2, 0) is 6.42 Å². The Hall–Kier alpha value is -1.87. The van der Waals surface area contributed by atoms with Gasteiger partial charge in [0, 0.05) is 18.8 Å². The van der Waals surface area contributed by atoms with Gasteiger partial charge in [0.25, 0.3) is 0 Å². The Morgan fingerprint density at radius 1 is 1.33 bits per heavy atom. The molecule has 1 atom stereocenters. The van der Waals surface area contributed by atoms with Crippen LogP contribution in [0.1, 0.15) is 28.3 Å². The summed E-state index contributed by atoms with van der Waals surface area (Å²) in [6.45, 7) is 2.84. The van der Waals surface area contributed by atoms with Crippen LogP contribution >= 0.6 is 0 Å². The summed E-state index contributed by atoms with van der Waals surface area (Å²) >= 11 is 0. The number of hydrogen-bond donors (Lipinski definition) is 1. The Balaban J connectivity index is 1.98. The van der Waals surface area contributed by atoms with Crippen molar-refractivity contribution >= 4 is 0 Å². The highest BCUT2D eigenvalue weighted by Crippen LogP contribution is 2.30. The molecule has 2 N–H and O–H groups in total. The van der Waals surface area contributed by atoms with Crippen LogP contribution in [0.5, 0.6) is 5.75 Å². The molecule has 0 radical (unpaired) electrons. The Morgan fingerprint density at radius 3 is 3.06 bits per heavy atom. The molecule has 1 aromatic carbocycles. The van der Waals surface area contributed by atoms with Crippen LogP contribution in [0.2, 0.25) is 0 Å². The average molecular weight is 240 g/mol. The molecule has 1 aliphatic rings. The van der Waals surface area contributed by atoms with Crippen molar-refractivity contribution in [3.05, 3.63) is 58.9 Å². The van der Waals surface area contributed by atoms with Gasteiger partial charge in [-0.1, -0.05) is 12.1 Å². The highest BCUT2D eigenvalue weighted by molar-refractivity contribution is 5.43. The lowest BCUT2D eigenvalue weighted by Crippen LogP contribution is -2.13. The lowest BCUT2D eigenvalue weighted by molar-refractivity contribution is 0.357. The van der Waals surface area contributed by atoms with Crippen molar-refractivity contribution in [3.8, 4) is 5.75 Å². The van der Waals surface area contributed by atoms with Gasteiger partial charge in [-0.15, -0.1) is 0 Å². The van der Waals surface area contributed by atoms with Crippen LogP contribution in [0.25, 0.3) is 0 Å².